The van der Waals surface area contributed by atoms with Gasteiger partial charge in [-0.3, -0.25) is 4.79 Å². The Labute approximate surface area is 127 Å². The zero-order chi connectivity index (χ0) is 14.3. The van der Waals surface area contributed by atoms with Gasteiger partial charge in [-0.1, -0.05) is 17.4 Å². The van der Waals surface area contributed by atoms with Crippen LogP contribution in [0, 0.1) is 0 Å². The van der Waals surface area contributed by atoms with Gasteiger partial charge in [0.05, 0.1) is 0 Å². The molecule has 0 bridgehead atoms. The van der Waals surface area contributed by atoms with Crippen LogP contribution in [-0.4, -0.2) is 44.7 Å². The Balaban J connectivity index is 1.97. The molecule has 1 N–H and O–H groups in total. The normalized spacial score (nSPS) is 22.6. The van der Waals surface area contributed by atoms with Crippen molar-refractivity contribution in [2.45, 2.75) is 12.0 Å². The van der Waals surface area contributed by atoms with E-state index in [4.69, 9.17) is 0 Å². The van der Waals surface area contributed by atoms with Gasteiger partial charge in [0.2, 0.25) is 0 Å². The van der Waals surface area contributed by atoms with Gasteiger partial charge in [0, 0.05) is 20.0 Å². The summed E-state index contributed by atoms with van der Waals surface area (Å²) in [6, 6.07) is 5.47. The van der Waals surface area contributed by atoms with Crippen LogP contribution in [0.4, 0.5) is 0 Å². The molecule has 1 amide bonds. The molecule has 6 nitrogen and oxygen atoms in total. The number of aromatic nitrogens is 3. The zero-order valence-corrected chi connectivity index (χ0v) is 13.0. The Morgan fingerprint density at radius 1 is 1.45 bits per heavy atom. The van der Waals surface area contributed by atoms with Gasteiger partial charge in [-0.25, -0.2) is 4.98 Å². The molecule has 0 aliphatic carbocycles. The molecule has 20 heavy (non-hydrogen) atoms. The second-order valence-corrected chi connectivity index (χ2v) is 6.38. The molecule has 3 rings (SSSR count). The fraction of sp³-hybridized carbons (Fsp3) is 0.333. The summed E-state index contributed by atoms with van der Waals surface area (Å²) in [6.45, 7) is 0.513. The van der Waals surface area contributed by atoms with Crippen molar-refractivity contribution in [1.82, 2.24) is 20.1 Å². The Hall–Kier alpha value is -1.38. The van der Waals surface area contributed by atoms with Crippen molar-refractivity contribution in [3.63, 3.8) is 0 Å². The number of carbonyl (C=O) groups excluding carboxylic acids is 1. The van der Waals surface area contributed by atoms with Crippen molar-refractivity contribution in [2.75, 3.05) is 13.6 Å². The first-order valence-electron chi connectivity index (χ1n) is 5.95. The topological polar surface area (TPSA) is 79.2 Å². The van der Waals surface area contributed by atoms with Crippen LogP contribution in [0.1, 0.15) is 11.4 Å². The summed E-state index contributed by atoms with van der Waals surface area (Å²) in [4.78, 5) is 17.8. The number of amides is 1. The van der Waals surface area contributed by atoms with Gasteiger partial charge in [-0.05, 0) is 28.1 Å². The van der Waals surface area contributed by atoms with E-state index in [0.29, 0.717) is 33.3 Å². The van der Waals surface area contributed by atoms with E-state index in [2.05, 4.69) is 31.1 Å². The van der Waals surface area contributed by atoms with E-state index in [9.17, 15) is 9.90 Å². The molecule has 1 fully saturated rings. The van der Waals surface area contributed by atoms with Crippen molar-refractivity contribution in [1.29, 1.82) is 0 Å². The number of rotatable bonds is 2. The first-order valence-corrected chi connectivity index (χ1v) is 7.56. The van der Waals surface area contributed by atoms with Gasteiger partial charge < -0.3 is 10.0 Å². The summed E-state index contributed by atoms with van der Waals surface area (Å²) in [5.41, 5.74) is -0.887. The maximum Gasteiger partial charge on any atom is 0.261 e. The highest BCUT2D eigenvalue weighted by molar-refractivity contribution is 9.10. The zero-order valence-electron chi connectivity index (χ0n) is 10.6. The Kier molecular flexibility index (Phi) is 3.31. The summed E-state index contributed by atoms with van der Waals surface area (Å²) in [5.74, 6) is -0.331. The third-order valence-corrected chi connectivity index (χ3v) is 4.76. The molecule has 1 unspecified atom stereocenters. The van der Waals surface area contributed by atoms with E-state index in [0.717, 1.165) is 0 Å². The summed E-state index contributed by atoms with van der Waals surface area (Å²) in [7, 11) is 1.66. The first kappa shape index (κ1) is 13.6. The van der Waals surface area contributed by atoms with Gasteiger partial charge >= 0.3 is 0 Å². The van der Waals surface area contributed by atoms with Gasteiger partial charge in [0.25, 0.3) is 5.91 Å². The van der Waals surface area contributed by atoms with Crippen molar-refractivity contribution >= 4 is 33.2 Å². The molecule has 1 atom stereocenters. The van der Waals surface area contributed by atoms with Crippen LogP contribution >= 0.6 is 27.3 Å². The highest BCUT2D eigenvalue weighted by atomic mass is 79.9. The number of carbonyl (C=O) groups is 1. The maximum atomic E-state index is 12.0. The minimum Gasteiger partial charge on any atom is -0.373 e. The molecule has 0 spiro atoms. The van der Waals surface area contributed by atoms with Crippen LogP contribution in [0.15, 0.2) is 22.8 Å². The Bertz CT molecular complexity index is 677. The van der Waals surface area contributed by atoms with Gasteiger partial charge in [-0.2, -0.15) is 0 Å². The van der Waals surface area contributed by atoms with Crippen LogP contribution in [0.25, 0.3) is 10.7 Å². The fourth-order valence-electron chi connectivity index (χ4n) is 2.07. The number of likely N-dealkylation sites (tertiary alicyclic amines) is 1. The van der Waals surface area contributed by atoms with E-state index in [1.54, 1.807) is 7.05 Å². The SMILES string of the molecule is CN1CCC(O)(c2nnc(-c3cccc(Br)n3)s2)C1=O. The molecule has 0 radical (unpaired) electrons. The van der Waals surface area contributed by atoms with E-state index in [1.807, 2.05) is 18.2 Å². The average Bonchev–Trinajstić information content (AvgIpc) is 3.02. The minimum atomic E-state index is -1.54. The van der Waals surface area contributed by atoms with E-state index in [-0.39, 0.29) is 5.91 Å². The monoisotopic (exact) mass is 354 g/mol. The molecule has 3 heterocycles. The fourth-order valence-corrected chi connectivity index (χ4v) is 3.34. The molecule has 1 aliphatic rings. The smallest absolute Gasteiger partial charge is 0.261 e. The molecule has 1 saturated heterocycles. The number of likely N-dealkylation sites (N-methyl/N-ethyl adjacent to an activating group) is 1. The number of pyridine rings is 1. The lowest BCUT2D eigenvalue weighted by Crippen LogP contribution is -2.35. The standard InChI is InChI=1S/C12H11BrN4O2S/c1-17-6-5-12(19,11(17)18)10-16-15-9(20-10)7-3-2-4-8(13)14-7/h2-4,19H,5-6H2,1H3. The molecule has 0 saturated carbocycles. The van der Waals surface area contributed by atoms with Crippen LogP contribution in [0.2, 0.25) is 0 Å². The van der Waals surface area contributed by atoms with Crippen LogP contribution in [-0.2, 0) is 10.4 Å². The van der Waals surface area contributed by atoms with Crippen LogP contribution in [0.5, 0.6) is 0 Å². The predicted octanol–water partition coefficient (Wildman–Crippen LogP) is 1.41. The largest absolute Gasteiger partial charge is 0.373 e. The molecule has 104 valence electrons. The van der Waals surface area contributed by atoms with Crippen molar-refractivity contribution in [3.05, 3.63) is 27.8 Å². The lowest BCUT2D eigenvalue weighted by atomic mass is 10.0. The maximum absolute atomic E-state index is 12.0. The van der Waals surface area contributed by atoms with E-state index >= 15 is 0 Å². The molecule has 1 aliphatic heterocycles. The molecular formula is C12H11BrN4O2S. The third-order valence-electron chi connectivity index (χ3n) is 3.22. The average molecular weight is 355 g/mol. The summed E-state index contributed by atoms with van der Waals surface area (Å²) < 4.78 is 0.696. The Morgan fingerprint density at radius 3 is 2.90 bits per heavy atom. The first-order chi connectivity index (χ1) is 9.50. The van der Waals surface area contributed by atoms with E-state index < -0.39 is 5.60 Å². The third kappa shape index (κ3) is 2.13. The lowest BCUT2D eigenvalue weighted by Gasteiger charge is -2.16. The summed E-state index contributed by atoms with van der Waals surface area (Å²) in [5, 5.41) is 19.4. The lowest BCUT2D eigenvalue weighted by molar-refractivity contribution is -0.143. The van der Waals surface area contributed by atoms with Crippen molar-refractivity contribution < 1.29 is 9.90 Å². The van der Waals surface area contributed by atoms with Crippen molar-refractivity contribution in [3.8, 4) is 10.7 Å². The van der Waals surface area contributed by atoms with Gasteiger partial charge in [-0.15, -0.1) is 10.2 Å². The Morgan fingerprint density at radius 2 is 2.25 bits per heavy atom. The summed E-state index contributed by atoms with van der Waals surface area (Å²) in [6.07, 6.45) is 0.336. The van der Waals surface area contributed by atoms with E-state index in [1.165, 1.54) is 16.2 Å². The number of halogens is 1. The van der Waals surface area contributed by atoms with Gasteiger partial charge in [0.15, 0.2) is 15.6 Å². The quantitative estimate of drug-likeness (QED) is 0.825. The van der Waals surface area contributed by atoms with Gasteiger partial charge in [0.1, 0.15) is 10.3 Å². The minimum absolute atomic E-state index is 0.323. The molecule has 2 aromatic heterocycles. The predicted molar refractivity (Wildman–Crippen MR) is 77.0 cm³/mol. The summed E-state index contributed by atoms with van der Waals surface area (Å²) >= 11 is 4.49. The number of aliphatic hydroxyl groups is 1. The second-order valence-electron chi connectivity index (χ2n) is 4.59. The number of hydrogen-bond donors (Lipinski definition) is 1. The molecule has 2 aromatic rings. The highest BCUT2D eigenvalue weighted by Crippen LogP contribution is 2.36. The molecule has 0 aromatic carbocycles. The second kappa shape index (κ2) is 4.87. The molecular weight excluding hydrogens is 344 g/mol. The highest BCUT2D eigenvalue weighted by Gasteiger charge is 2.48. The van der Waals surface area contributed by atoms with Crippen LogP contribution < -0.4 is 0 Å². The van der Waals surface area contributed by atoms with Crippen LogP contribution in [0.3, 0.4) is 0 Å². The number of nitrogens with zero attached hydrogens (tertiary/aromatic N) is 4. The number of hydrogen-bond acceptors (Lipinski definition) is 6. The molecule has 8 heteroatoms. The van der Waals surface area contributed by atoms with Crippen molar-refractivity contribution in [2.24, 2.45) is 0 Å².